The van der Waals surface area contributed by atoms with Gasteiger partial charge in [0.05, 0.1) is 0 Å². The van der Waals surface area contributed by atoms with Gasteiger partial charge in [0.1, 0.15) is 12.0 Å². The van der Waals surface area contributed by atoms with E-state index < -0.39 is 11.6 Å². The van der Waals surface area contributed by atoms with E-state index in [0.29, 0.717) is 12.2 Å². The summed E-state index contributed by atoms with van der Waals surface area (Å²) in [6, 6.07) is 3.60. The molecule has 0 fully saturated rings. The van der Waals surface area contributed by atoms with Crippen LogP contribution in [-0.4, -0.2) is 17.9 Å². The number of aldehydes is 1. The molecule has 0 bridgehead atoms. The molecule has 0 aliphatic rings. The van der Waals surface area contributed by atoms with E-state index in [1.807, 2.05) is 0 Å². The van der Waals surface area contributed by atoms with Crippen LogP contribution < -0.4 is 4.74 Å². The molecule has 0 N–H and O–H groups in total. The second-order valence-electron chi connectivity index (χ2n) is 4.91. The number of ether oxygens (including phenoxy) is 1. The first kappa shape index (κ1) is 15.1. The zero-order chi connectivity index (χ0) is 14.6. The molecule has 0 unspecified atom stereocenters. The molecular formula is C14H17FO4. The zero-order valence-electron chi connectivity index (χ0n) is 11.5. The first-order chi connectivity index (χ1) is 8.81. The number of rotatable bonds is 5. The molecule has 1 rings (SSSR count). The highest BCUT2D eigenvalue weighted by Crippen LogP contribution is 2.29. The number of aryl methyl sites for hydroxylation is 2. The first-order valence-corrected chi connectivity index (χ1v) is 5.87. The third-order valence-electron chi connectivity index (χ3n) is 2.76. The second-order valence-corrected chi connectivity index (χ2v) is 4.91. The normalized spacial score (nSPS) is 11.0. The molecule has 0 aliphatic heterocycles. The summed E-state index contributed by atoms with van der Waals surface area (Å²) in [6.45, 7) is 6.45. The highest BCUT2D eigenvalue weighted by Gasteiger charge is 2.34. The standard InChI is InChI=1S/C14H17FO4/c1-9-7-11(5-6-16)8-10(2)12(9)18-14(3,4)13(17)19-15/h6-8H,5H2,1-4H3. The smallest absolute Gasteiger partial charge is 0.391 e. The van der Waals surface area contributed by atoms with Crippen LogP contribution in [0.2, 0.25) is 0 Å². The summed E-state index contributed by atoms with van der Waals surface area (Å²) in [6.07, 6.45) is 1.14. The third-order valence-corrected chi connectivity index (χ3v) is 2.76. The van der Waals surface area contributed by atoms with Crippen LogP contribution in [0.3, 0.4) is 0 Å². The molecule has 1 aromatic rings. The van der Waals surface area contributed by atoms with Gasteiger partial charge in [-0.1, -0.05) is 12.1 Å². The zero-order valence-corrected chi connectivity index (χ0v) is 11.5. The molecule has 0 aliphatic carbocycles. The Morgan fingerprint density at radius 2 is 1.84 bits per heavy atom. The van der Waals surface area contributed by atoms with E-state index in [0.717, 1.165) is 23.0 Å². The number of halogens is 1. The van der Waals surface area contributed by atoms with Crippen molar-refractivity contribution >= 4 is 12.3 Å². The summed E-state index contributed by atoms with van der Waals surface area (Å²) in [7, 11) is 0. The average Bonchev–Trinajstić information content (AvgIpc) is 2.33. The van der Waals surface area contributed by atoms with Gasteiger partial charge in [-0.15, -0.1) is 0 Å². The van der Waals surface area contributed by atoms with Crippen molar-refractivity contribution in [2.45, 2.75) is 39.7 Å². The van der Waals surface area contributed by atoms with Gasteiger partial charge in [0.2, 0.25) is 5.60 Å². The molecule has 0 spiro atoms. The summed E-state index contributed by atoms with van der Waals surface area (Å²) in [5.74, 6) is -0.603. The summed E-state index contributed by atoms with van der Waals surface area (Å²) >= 11 is 0. The number of carbonyl (C=O) groups excluding carboxylic acids is 2. The van der Waals surface area contributed by atoms with Crippen LogP contribution in [0.1, 0.15) is 30.5 Å². The Hall–Kier alpha value is -1.91. The molecule has 0 saturated carbocycles. The largest absolute Gasteiger partial charge is 0.475 e. The lowest BCUT2D eigenvalue weighted by Gasteiger charge is -2.24. The fourth-order valence-electron chi connectivity index (χ4n) is 1.80. The van der Waals surface area contributed by atoms with Crippen molar-refractivity contribution in [1.29, 1.82) is 0 Å². The molecule has 0 saturated heterocycles. The van der Waals surface area contributed by atoms with E-state index in [-0.39, 0.29) is 0 Å². The minimum Gasteiger partial charge on any atom is -0.475 e. The van der Waals surface area contributed by atoms with Crippen LogP contribution in [-0.2, 0) is 21.0 Å². The van der Waals surface area contributed by atoms with Crippen molar-refractivity contribution in [3.05, 3.63) is 28.8 Å². The molecule has 0 atom stereocenters. The van der Waals surface area contributed by atoms with E-state index in [1.165, 1.54) is 13.8 Å². The number of hydrogen-bond acceptors (Lipinski definition) is 4. The number of hydrogen-bond donors (Lipinski definition) is 0. The molecular weight excluding hydrogens is 251 g/mol. The topological polar surface area (TPSA) is 52.6 Å². The number of carbonyl (C=O) groups is 2. The van der Waals surface area contributed by atoms with Gasteiger partial charge in [-0.2, -0.15) is 0 Å². The van der Waals surface area contributed by atoms with Crippen molar-refractivity contribution < 1.29 is 23.8 Å². The molecule has 0 aromatic heterocycles. The Balaban J connectivity index is 3.08. The lowest BCUT2D eigenvalue weighted by Crippen LogP contribution is -2.39. The lowest BCUT2D eigenvalue weighted by molar-refractivity contribution is -0.199. The van der Waals surface area contributed by atoms with Gasteiger partial charge in [0.15, 0.2) is 0 Å². The predicted octanol–water partition coefficient (Wildman–Crippen LogP) is 2.63. The van der Waals surface area contributed by atoms with E-state index in [4.69, 9.17) is 4.74 Å². The molecule has 4 nitrogen and oxygen atoms in total. The highest BCUT2D eigenvalue weighted by atomic mass is 19.3. The maximum absolute atomic E-state index is 12.0. The SMILES string of the molecule is Cc1cc(CC=O)cc(C)c1OC(C)(C)C(=O)OF. The van der Waals surface area contributed by atoms with Crippen molar-refractivity contribution in [2.24, 2.45) is 0 Å². The van der Waals surface area contributed by atoms with Crippen LogP contribution in [0, 0.1) is 13.8 Å². The molecule has 0 radical (unpaired) electrons. The van der Waals surface area contributed by atoms with E-state index in [9.17, 15) is 14.1 Å². The summed E-state index contributed by atoms with van der Waals surface area (Å²) in [4.78, 5) is 25.0. The monoisotopic (exact) mass is 268 g/mol. The molecule has 19 heavy (non-hydrogen) atoms. The Labute approximate surface area is 111 Å². The first-order valence-electron chi connectivity index (χ1n) is 5.87. The Kier molecular flexibility index (Phi) is 4.64. The Morgan fingerprint density at radius 3 is 2.26 bits per heavy atom. The highest BCUT2D eigenvalue weighted by molar-refractivity contribution is 5.78. The van der Waals surface area contributed by atoms with Crippen LogP contribution in [0.4, 0.5) is 4.53 Å². The Bertz CT molecular complexity index is 471. The maximum Gasteiger partial charge on any atom is 0.391 e. The van der Waals surface area contributed by atoms with Gasteiger partial charge in [-0.25, -0.2) is 4.79 Å². The van der Waals surface area contributed by atoms with Crippen LogP contribution >= 0.6 is 0 Å². The van der Waals surface area contributed by atoms with Gasteiger partial charge in [0, 0.05) is 10.9 Å². The minimum atomic E-state index is -1.42. The summed E-state index contributed by atoms with van der Waals surface area (Å²) in [5.41, 5.74) is 0.993. The van der Waals surface area contributed by atoms with Crippen molar-refractivity contribution in [3.63, 3.8) is 0 Å². The molecule has 0 amide bonds. The molecule has 0 heterocycles. The third kappa shape index (κ3) is 3.53. The average molecular weight is 268 g/mol. The maximum atomic E-state index is 12.0. The van der Waals surface area contributed by atoms with Gasteiger partial charge in [-0.3, -0.25) is 4.94 Å². The second kappa shape index (κ2) is 5.82. The fourth-order valence-corrected chi connectivity index (χ4v) is 1.80. The quantitative estimate of drug-likeness (QED) is 0.770. The van der Waals surface area contributed by atoms with Gasteiger partial charge < -0.3 is 9.53 Å². The van der Waals surface area contributed by atoms with Crippen LogP contribution in [0.15, 0.2) is 12.1 Å². The molecule has 5 heteroatoms. The number of benzene rings is 1. The van der Waals surface area contributed by atoms with Crippen molar-refractivity contribution in [3.8, 4) is 5.75 Å². The predicted molar refractivity (Wildman–Crippen MR) is 67.6 cm³/mol. The molecule has 1 aromatic carbocycles. The van der Waals surface area contributed by atoms with E-state index >= 15 is 0 Å². The molecule has 104 valence electrons. The lowest BCUT2D eigenvalue weighted by atomic mass is 10.0. The van der Waals surface area contributed by atoms with Crippen molar-refractivity contribution in [1.82, 2.24) is 0 Å². The van der Waals surface area contributed by atoms with Gasteiger partial charge in [0.25, 0.3) is 0 Å². The summed E-state index contributed by atoms with van der Waals surface area (Å²) < 4.78 is 17.5. The van der Waals surface area contributed by atoms with Crippen LogP contribution in [0.25, 0.3) is 0 Å². The van der Waals surface area contributed by atoms with Crippen LogP contribution in [0.5, 0.6) is 5.75 Å². The van der Waals surface area contributed by atoms with Crippen molar-refractivity contribution in [2.75, 3.05) is 0 Å². The van der Waals surface area contributed by atoms with E-state index in [1.54, 1.807) is 26.0 Å². The van der Waals surface area contributed by atoms with Gasteiger partial charge >= 0.3 is 5.97 Å². The fraction of sp³-hybridized carbons (Fsp3) is 0.429. The summed E-state index contributed by atoms with van der Waals surface area (Å²) in [5, 5.41) is 0. The Morgan fingerprint density at radius 1 is 1.32 bits per heavy atom. The van der Waals surface area contributed by atoms with E-state index in [2.05, 4.69) is 4.94 Å². The van der Waals surface area contributed by atoms with Gasteiger partial charge in [-0.05, 0) is 44.4 Å². The minimum absolute atomic E-state index is 0.317.